The van der Waals surface area contributed by atoms with Crippen molar-refractivity contribution in [3.05, 3.63) is 26.7 Å². The number of aromatic nitrogens is 3. The maximum Gasteiger partial charge on any atom is 0.226 e. The van der Waals surface area contributed by atoms with E-state index >= 15 is 0 Å². The van der Waals surface area contributed by atoms with E-state index in [0.29, 0.717) is 16.9 Å². The highest BCUT2D eigenvalue weighted by molar-refractivity contribution is 7.71. The third-order valence-electron chi connectivity index (χ3n) is 3.74. The van der Waals surface area contributed by atoms with Gasteiger partial charge in [-0.3, -0.25) is 4.57 Å². The smallest absolute Gasteiger partial charge is 0.226 e. The molecule has 3 heterocycles. The highest BCUT2D eigenvalue weighted by Crippen LogP contribution is 2.35. The minimum atomic E-state index is 0.317. The SMILES string of the molecule is CC1c2ccsc2CCN1c1n[nH]c(=S)n1C(C)C. The molecular weight excluding hydrogens is 276 g/mol. The van der Waals surface area contributed by atoms with Gasteiger partial charge in [0.05, 0.1) is 6.04 Å². The lowest BCUT2D eigenvalue weighted by molar-refractivity contribution is 0.545. The molecule has 0 amide bonds. The molecule has 0 bridgehead atoms. The Labute approximate surface area is 122 Å². The molecule has 0 spiro atoms. The summed E-state index contributed by atoms with van der Waals surface area (Å²) in [5.41, 5.74) is 1.43. The van der Waals surface area contributed by atoms with Crippen molar-refractivity contribution in [3.8, 4) is 0 Å². The second-order valence-electron chi connectivity index (χ2n) is 5.21. The van der Waals surface area contributed by atoms with Crippen LogP contribution in [0.1, 0.15) is 43.3 Å². The molecule has 0 saturated carbocycles. The molecule has 1 unspecified atom stereocenters. The molecule has 19 heavy (non-hydrogen) atoms. The molecular formula is C13H18N4S2. The average molecular weight is 294 g/mol. The molecule has 6 heteroatoms. The van der Waals surface area contributed by atoms with Crippen LogP contribution in [-0.4, -0.2) is 21.3 Å². The Morgan fingerprint density at radius 3 is 3.05 bits per heavy atom. The normalized spacial score (nSPS) is 18.9. The number of aromatic amines is 1. The molecule has 0 fully saturated rings. The van der Waals surface area contributed by atoms with Crippen molar-refractivity contribution in [3.63, 3.8) is 0 Å². The van der Waals surface area contributed by atoms with Crippen molar-refractivity contribution < 1.29 is 0 Å². The number of fused-ring (bicyclic) bond motifs is 1. The predicted molar refractivity (Wildman–Crippen MR) is 81.6 cm³/mol. The van der Waals surface area contributed by atoms with Crippen LogP contribution in [0, 0.1) is 4.77 Å². The fourth-order valence-corrected chi connectivity index (χ4v) is 4.05. The van der Waals surface area contributed by atoms with Gasteiger partial charge in [0.1, 0.15) is 0 Å². The fourth-order valence-electron chi connectivity index (χ4n) is 2.75. The van der Waals surface area contributed by atoms with Gasteiger partial charge in [-0.15, -0.1) is 16.4 Å². The average Bonchev–Trinajstić information content (AvgIpc) is 2.96. The first-order chi connectivity index (χ1) is 9.09. The van der Waals surface area contributed by atoms with E-state index in [-0.39, 0.29) is 0 Å². The summed E-state index contributed by atoms with van der Waals surface area (Å²) in [6.07, 6.45) is 1.09. The van der Waals surface area contributed by atoms with Crippen LogP contribution in [0.2, 0.25) is 0 Å². The molecule has 2 aromatic rings. The Morgan fingerprint density at radius 2 is 2.32 bits per heavy atom. The van der Waals surface area contributed by atoms with Gasteiger partial charge in [0, 0.05) is 17.5 Å². The van der Waals surface area contributed by atoms with E-state index in [9.17, 15) is 0 Å². The van der Waals surface area contributed by atoms with E-state index < -0.39 is 0 Å². The van der Waals surface area contributed by atoms with Gasteiger partial charge in [-0.2, -0.15) is 0 Å². The summed E-state index contributed by atoms with van der Waals surface area (Å²) in [5.74, 6) is 0.962. The zero-order valence-corrected chi connectivity index (χ0v) is 13.0. The highest BCUT2D eigenvalue weighted by atomic mass is 32.1. The highest BCUT2D eigenvalue weighted by Gasteiger charge is 2.28. The first-order valence-corrected chi connectivity index (χ1v) is 7.88. The third-order valence-corrected chi connectivity index (χ3v) is 5.02. The largest absolute Gasteiger partial charge is 0.334 e. The number of nitrogens with zero attached hydrogens (tertiary/aromatic N) is 3. The van der Waals surface area contributed by atoms with Gasteiger partial charge in [0.25, 0.3) is 0 Å². The first kappa shape index (κ1) is 12.9. The lowest BCUT2D eigenvalue weighted by atomic mass is 10.0. The summed E-state index contributed by atoms with van der Waals surface area (Å²) in [6, 6.07) is 2.91. The predicted octanol–water partition coefficient (Wildman–Crippen LogP) is 3.71. The van der Waals surface area contributed by atoms with Gasteiger partial charge in [0.2, 0.25) is 5.95 Å². The summed E-state index contributed by atoms with van der Waals surface area (Å²) in [7, 11) is 0. The standard InChI is InChI=1S/C13H18N4S2/c1-8(2)17-12(14-15-13(17)18)16-6-4-11-10(9(16)3)5-7-19-11/h5,7-9H,4,6H2,1-3H3,(H,15,18). The van der Waals surface area contributed by atoms with Crippen LogP contribution in [-0.2, 0) is 6.42 Å². The zero-order valence-electron chi connectivity index (χ0n) is 11.4. The van der Waals surface area contributed by atoms with E-state index in [1.807, 2.05) is 11.3 Å². The molecule has 102 valence electrons. The number of thiophene rings is 1. The van der Waals surface area contributed by atoms with Crippen molar-refractivity contribution in [2.24, 2.45) is 0 Å². The van der Waals surface area contributed by atoms with Crippen LogP contribution in [0.4, 0.5) is 5.95 Å². The van der Waals surface area contributed by atoms with Crippen molar-refractivity contribution in [1.82, 2.24) is 14.8 Å². The van der Waals surface area contributed by atoms with Gasteiger partial charge in [-0.1, -0.05) is 0 Å². The lowest BCUT2D eigenvalue weighted by Crippen LogP contribution is -2.35. The van der Waals surface area contributed by atoms with Gasteiger partial charge < -0.3 is 4.90 Å². The molecule has 1 N–H and O–H groups in total. The molecule has 1 atom stereocenters. The van der Waals surface area contributed by atoms with E-state index in [1.54, 1.807) is 0 Å². The molecule has 4 nitrogen and oxygen atoms in total. The van der Waals surface area contributed by atoms with Crippen LogP contribution in [0.5, 0.6) is 0 Å². The minimum Gasteiger partial charge on any atom is -0.334 e. The maximum absolute atomic E-state index is 5.34. The van der Waals surface area contributed by atoms with E-state index in [2.05, 4.69) is 51.9 Å². The Kier molecular flexibility index (Phi) is 3.22. The summed E-state index contributed by atoms with van der Waals surface area (Å²) < 4.78 is 2.80. The summed E-state index contributed by atoms with van der Waals surface area (Å²) in [6.45, 7) is 7.52. The lowest BCUT2D eigenvalue weighted by Gasteiger charge is -2.34. The van der Waals surface area contributed by atoms with E-state index in [1.165, 1.54) is 10.4 Å². The second-order valence-corrected chi connectivity index (χ2v) is 6.60. The Hall–Kier alpha value is -1.14. The van der Waals surface area contributed by atoms with Crippen LogP contribution in [0.3, 0.4) is 0 Å². The van der Waals surface area contributed by atoms with Gasteiger partial charge >= 0.3 is 0 Å². The van der Waals surface area contributed by atoms with Gasteiger partial charge in [-0.25, -0.2) is 5.10 Å². The number of rotatable bonds is 2. The Morgan fingerprint density at radius 1 is 1.53 bits per heavy atom. The number of hydrogen-bond acceptors (Lipinski definition) is 4. The second kappa shape index (κ2) is 4.76. The summed E-state index contributed by atoms with van der Waals surface area (Å²) in [4.78, 5) is 3.86. The van der Waals surface area contributed by atoms with Crippen molar-refractivity contribution in [1.29, 1.82) is 0 Å². The summed E-state index contributed by atoms with van der Waals surface area (Å²) >= 11 is 7.20. The van der Waals surface area contributed by atoms with Crippen molar-refractivity contribution in [2.75, 3.05) is 11.4 Å². The molecule has 0 aromatic carbocycles. The molecule has 1 aliphatic rings. The number of anilines is 1. The topological polar surface area (TPSA) is 36.9 Å². The van der Waals surface area contributed by atoms with E-state index in [0.717, 1.165) is 18.9 Å². The van der Waals surface area contributed by atoms with Gasteiger partial charge in [0.15, 0.2) is 4.77 Å². The zero-order chi connectivity index (χ0) is 13.6. The Bertz CT molecular complexity index is 637. The maximum atomic E-state index is 5.34. The fraction of sp³-hybridized carbons (Fsp3) is 0.538. The third kappa shape index (κ3) is 2.03. The van der Waals surface area contributed by atoms with E-state index in [4.69, 9.17) is 12.2 Å². The van der Waals surface area contributed by atoms with Gasteiger partial charge in [-0.05, 0) is 56.4 Å². The van der Waals surface area contributed by atoms with Crippen LogP contribution in [0.15, 0.2) is 11.4 Å². The molecule has 0 radical (unpaired) electrons. The molecule has 1 aliphatic heterocycles. The van der Waals surface area contributed by atoms with Crippen LogP contribution >= 0.6 is 23.6 Å². The molecule has 0 saturated heterocycles. The van der Waals surface area contributed by atoms with Crippen molar-refractivity contribution in [2.45, 2.75) is 39.3 Å². The molecule has 2 aromatic heterocycles. The minimum absolute atomic E-state index is 0.317. The van der Waals surface area contributed by atoms with Crippen LogP contribution < -0.4 is 4.90 Å². The molecule has 0 aliphatic carbocycles. The van der Waals surface area contributed by atoms with Crippen molar-refractivity contribution >= 4 is 29.5 Å². The number of nitrogens with one attached hydrogen (secondary N) is 1. The van der Waals surface area contributed by atoms with Crippen LogP contribution in [0.25, 0.3) is 0 Å². The first-order valence-electron chi connectivity index (χ1n) is 6.59. The monoisotopic (exact) mass is 294 g/mol. The number of H-pyrrole nitrogens is 1. The number of hydrogen-bond donors (Lipinski definition) is 1. The molecule has 3 rings (SSSR count). The summed E-state index contributed by atoms with van der Waals surface area (Å²) in [5, 5.41) is 9.56. The quantitative estimate of drug-likeness (QED) is 0.858. The Balaban J connectivity index is 2.03.